The lowest BCUT2D eigenvalue weighted by Crippen LogP contribution is -2.23. The van der Waals surface area contributed by atoms with Crippen LogP contribution in [0.5, 0.6) is 0 Å². The van der Waals surface area contributed by atoms with Gasteiger partial charge in [0.25, 0.3) is 5.56 Å². The first-order valence-electron chi connectivity index (χ1n) is 8.37. The summed E-state index contributed by atoms with van der Waals surface area (Å²) in [5.41, 5.74) is 2.02. The Balaban J connectivity index is 1.63. The summed E-state index contributed by atoms with van der Waals surface area (Å²) in [6, 6.07) is 1.97. The van der Waals surface area contributed by atoms with Crippen molar-refractivity contribution in [2.75, 3.05) is 0 Å². The monoisotopic (exact) mass is 323 g/mol. The maximum atomic E-state index is 12.1. The number of aromatic amines is 2. The lowest BCUT2D eigenvalue weighted by molar-refractivity contribution is 0.273. The van der Waals surface area contributed by atoms with Crippen LogP contribution >= 0.6 is 0 Å². The highest BCUT2D eigenvalue weighted by Crippen LogP contribution is 2.57. The van der Waals surface area contributed by atoms with Gasteiger partial charge in [0.2, 0.25) is 0 Å². The van der Waals surface area contributed by atoms with Crippen LogP contribution in [0.1, 0.15) is 37.2 Å². The van der Waals surface area contributed by atoms with Gasteiger partial charge in [-0.05, 0) is 30.2 Å². The van der Waals surface area contributed by atoms with Crippen molar-refractivity contribution >= 4 is 5.65 Å². The fourth-order valence-electron chi connectivity index (χ4n) is 3.91. The SMILES string of the molecule is O=c1[nH]cc(-c2cc(C3CC3C3CCC3)c3nccn3n2)c(=O)[nH]1. The first-order valence-corrected chi connectivity index (χ1v) is 8.37. The molecule has 2 unspecified atom stereocenters. The van der Waals surface area contributed by atoms with E-state index in [0.717, 1.165) is 23.0 Å². The highest BCUT2D eigenvalue weighted by molar-refractivity contribution is 5.63. The molecule has 0 bridgehead atoms. The van der Waals surface area contributed by atoms with Gasteiger partial charge in [-0.1, -0.05) is 19.3 Å². The second-order valence-corrected chi connectivity index (χ2v) is 6.86. The fourth-order valence-corrected chi connectivity index (χ4v) is 3.91. The third-order valence-electron chi connectivity index (χ3n) is 5.48. The minimum Gasteiger partial charge on any atom is -0.313 e. The maximum absolute atomic E-state index is 12.1. The number of nitrogens with zero attached hydrogens (tertiary/aromatic N) is 3. The van der Waals surface area contributed by atoms with Gasteiger partial charge in [0, 0.05) is 24.2 Å². The molecule has 7 heteroatoms. The normalized spacial score (nSPS) is 23.3. The number of rotatable bonds is 3. The summed E-state index contributed by atoms with van der Waals surface area (Å²) >= 11 is 0. The van der Waals surface area contributed by atoms with Crippen LogP contribution < -0.4 is 11.2 Å². The van der Waals surface area contributed by atoms with Gasteiger partial charge in [-0.2, -0.15) is 5.10 Å². The molecule has 2 saturated carbocycles. The van der Waals surface area contributed by atoms with Crippen LogP contribution in [0.2, 0.25) is 0 Å². The summed E-state index contributed by atoms with van der Waals surface area (Å²) in [5, 5.41) is 4.48. The molecule has 2 N–H and O–H groups in total. The first-order chi connectivity index (χ1) is 11.7. The van der Waals surface area contributed by atoms with E-state index in [9.17, 15) is 9.59 Å². The summed E-state index contributed by atoms with van der Waals surface area (Å²) in [6.45, 7) is 0. The molecule has 0 radical (unpaired) electrons. The molecule has 0 amide bonds. The van der Waals surface area contributed by atoms with Crippen molar-refractivity contribution in [3.8, 4) is 11.3 Å². The maximum Gasteiger partial charge on any atom is 0.325 e. The molecule has 0 aliphatic heterocycles. The van der Waals surface area contributed by atoms with Crippen LogP contribution in [-0.2, 0) is 0 Å². The van der Waals surface area contributed by atoms with Crippen LogP contribution in [0.3, 0.4) is 0 Å². The molecule has 0 spiro atoms. The Morgan fingerprint density at radius 2 is 2.12 bits per heavy atom. The number of imidazole rings is 1. The second-order valence-electron chi connectivity index (χ2n) is 6.86. The molecule has 0 saturated heterocycles. The van der Waals surface area contributed by atoms with Gasteiger partial charge < -0.3 is 4.98 Å². The van der Waals surface area contributed by atoms with Crippen molar-refractivity contribution in [2.45, 2.75) is 31.6 Å². The zero-order valence-corrected chi connectivity index (χ0v) is 13.0. The van der Waals surface area contributed by atoms with E-state index in [1.165, 1.54) is 31.9 Å². The zero-order valence-electron chi connectivity index (χ0n) is 13.0. The number of fused-ring (bicyclic) bond motifs is 1. The second kappa shape index (κ2) is 4.90. The fraction of sp³-hybridized carbons (Fsp3) is 0.412. The molecule has 122 valence electrons. The van der Waals surface area contributed by atoms with Crippen molar-refractivity contribution in [2.24, 2.45) is 11.8 Å². The summed E-state index contributed by atoms with van der Waals surface area (Å²) in [6.07, 6.45) is 10.2. The average Bonchev–Trinajstić information content (AvgIpc) is 3.11. The van der Waals surface area contributed by atoms with E-state index in [-0.39, 0.29) is 0 Å². The van der Waals surface area contributed by atoms with E-state index < -0.39 is 11.2 Å². The molecule has 7 nitrogen and oxygen atoms in total. The number of hydrogen-bond acceptors (Lipinski definition) is 4. The molecule has 3 aromatic rings. The van der Waals surface area contributed by atoms with Crippen LogP contribution in [0.25, 0.3) is 16.9 Å². The number of aromatic nitrogens is 5. The van der Waals surface area contributed by atoms with Gasteiger partial charge in [-0.15, -0.1) is 0 Å². The molecule has 5 rings (SSSR count). The lowest BCUT2D eigenvalue weighted by Gasteiger charge is -2.25. The van der Waals surface area contributed by atoms with E-state index in [1.807, 2.05) is 6.07 Å². The van der Waals surface area contributed by atoms with Crippen LogP contribution in [0, 0.1) is 11.8 Å². The lowest BCUT2D eigenvalue weighted by atomic mass is 9.80. The Morgan fingerprint density at radius 3 is 2.88 bits per heavy atom. The number of hydrogen-bond donors (Lipinski definition) is 2. The molecule has 24 heavy (non-hydrogen) atoms. The summed E-state index contributed by atoms with van der Waals surface area (Å²) in [4.78, 5) is 32.6. The Bertz CT molecular complexity index is 1040. The van der Waals surface area contributed by atoms with Gasteiger partial charge >= 0.3 is 5.69 Å². The van der Waals surface area contributed by atoms with Crippen LogP contribution in [0.4, 0.5) is 0 Å². The Labute approximate surface area is 136 Å². The van der Waals surface area contributed by atoms with Gasteiger partial charge in [-0.3, -0.25) is 9.78 Å². The molecule has 0 aromatic carbocycles. The van der Waals surface area contributed by atoms with E-state index in [2.05, 4.69) is 20.1 Å². The van der Waals surface area contributed by atoms with Gasteiger partial charge in [-0.25, -0.2) is 14.3 Å². The van der Waals surface area contributed by atoms with Gasteiger partial charge in [0.05, 0.1) is 11.3 Å². The minimum atomic E-state index is -0.514. The van der Waals surface area contributed by atoms with Crippen molar-refractivity contribution < 1.29 is 0 Å². The van der Waals surface area contributed by atoms with Crippen molar-refractivity contribution in [3.05, 3.63) is 51.1 Å². The number of H-pyrrole nitrogens is 2. The summed E-state index contributed by atoms with van der Waals surface area (Å²) in [7, 11) is 0. The van der Waals surface area contributed by atoms with Gasteiger partial charge in [0.1, 0.15) is 0 Å². The van der Waals surface area contributed by atoms with Crippen LogP contribution in [-0.4, -0.2) is 24.6 Å². The molecular formula is C17H17N5O2. The predicted octanol–water partition coefficient (Wildman–Crippen LogP) is 1.68. The van der Waals surface area contributed by atoms with E-state index >= 15 is 0 Å². The highest BCUT2D eigenvalue weighted by Gasteiger charge is 2.46. The van der Waals surface area contributed by atoms with Crippen LogP contribution in [0.15, 0.2) is 34.2 Å². The molecule has 2 aliphatic rings. The van der Waals surface area contributed by atoms with E-state index in [0.29, 0.717) is 17.2 Å². The quantitative estimate of drug-likeness (QED) is 0.766. The standard InChI is InChI=1S/C17H17N5O2/c23-16-13(8-19-17(24)20-16)14-7-12(15-18-4-5-22(15)21-14)11-6-10(11)9-2-1-3-9/h4-5,7-11H,1-3,6H2,(H2,19,20,23,24). The van der Waals surface area contributed by atoms with Crippen molar-refractivity contribution in [1.82, 2.24) is 24.6 Å². The zero-order chi connectivity index (χ0) is 16.3. The summed E-state index contributed by atoms with van der Waals surface area (Å²) in [5.74, 6) is 2.09. The molecule has 2 atom stereocenters. The molecule has 3 aromatic heterocycles. The van der Waals surface area contributed by atoms with Gasteiger partial charge in [0.15, 0.2) is 5.65 Å². The number of nitrogens with one attached hydrogen (secondary N) is 2. The van der Waals surface area contributed by atoms with E-state index in [4.69, 9.17) is 0 Å². The largest absolute Gasteiger partial charge is 0.325 e. The Kier molecular flexibility index (Phi) is 2.80. The molecule has 2 fully saturated rings. The molecular weight excluding hydrogens is 306 g/mol. The third-order valence-corrected chi connectivity index (χ3v) is 5.48. The Morgan fingerprint density at radius 1 is 1.25 bits per heavy atom. The minimum absolute atomic E-state index is 0.368. The third kappa shape index (κ3) is 2.04. The average molecular weight is 323 g/mol. The van der Waals surface area contributed by atoms with Crippen molar-refractivity contribution in [3.63, 3.8) is 0 Å². The Hall–Kier alpha value is -2.70. The highest BCUT2D eigenvalue weighted by atomic mass is 16.2. The van der Waals surface area contributed by atoms with Crippen molar-refractivity contribution in [1.29, 1.82) is 0 Å². The smallest absolute Gasteiger partial charge is 0.313 e. The van der Waals surface area contributed by atoms with E-state index in [1.54, 1.807) is 16.9 Å². The topological polar surface area (TPSA) is 95.9 Å². The molecule has 2 aliphatic carbocycles. The molecule has 3 heterocycles. The first kappa shape index (κ1) is 13.7. The predicted molar refractivity (Wildman–Crippen MR) is 87.9 cm³/mol. The summed E-state index contributed by atoms with van der Waals surface area (Å²) < 4.78 is 1.73.